The van der Waals surface area contributed by atoms with Crippen molar-refractivity contribution in [3.8, 4) is 0 Å². The molecule has 0 saturated carbocycles. The SMILES string of the molecule is CCCC(CC)(CCO)CCCO. The Bertz CT molecular complexity index is 107. The van der Waals surface area contributed by atoms with Crippen LogP contribution in [0.3, 0.4) is 0 Å². The Balaban J connectivity index is 4.07. The highest BCUT2D eigenvalue weighted by molar-refractivity contribution is 4.77. The quantitative estimate of drug-likeness (QED) is 0.614. The van der Waals surface area contributed by atoms with Crippen molar-refractivity contribution in [2.75, 3.05) is 13.2 Å². The van der Waals surface area contributed by atoms with Crippen LogP contribution in [0.25, 0.3) is 0 Å². The van der Waals surface area contributed by atoms with Crippen LogP contribution in [0, 0.1) is 5.41 Å². The van der Waals surface area contributed by atoms with Crippen LogP contribution in [0.15, 0.2) is 0 Å². The molecular weight excluding hydrogens is 164 g/mol. The second kappa shape index (κ2) is 7.34. The highest BCUT2D eigenvalue weighted by Gasteiger charge is 2.25. The molecular formula is C11H24O2. The molecule has 0 aliphatic rings. The van der Waals surface area contributed by atoms with E-state index >= 15 is 0 Å². The van der Waals surface area contributed by atoms with Gasteiger partial charge in [-0.05, 0) is 31.1 Å². The molecule has 0 aromatic carbocycles. The molecule has 0 fully saturated rings. The zero-order valence-corrected chi connectivity index (χ0v) is 9.05. The monoisotopic (exact) mass is 188 g/mol. The summed E-state index contributed by atoms with van der Waals surface area (Å²) < 4.78 is 0. The van der Waals surface area contributed by atoms with Gasteiger partial charge in [0.1, 0.15) is 0 Å². The van der Waals surface area contributed by atoms with E-state index < -0.39 is 0 Å². The molecule has 0 spiro atoms. The summed E-state index contributed by atoms with van der Waals surface area (Å²) in [6.45, 7) is 4.92. The maximum absolute atomic E-state index is 9.00. The van der Waals surface area contributed by atoms with Gasteiger partial charge < -0.3 is 10.2 Å². The second-order valence-corrected chi connectivity index (χ2v) is 3.90. The van der Waals surface area contributed by atoms with Crippen LogP contribution in [0.5, 0.6) is 0 Å². The minimum Gasteiger partial charge on any atom is -0.396 e. The number of hydrogen-bond acceptors (Lipinski definition) is 2. The Labute approximate surface area is 82.0 Å². The van der Waals surface area contributed by atoms with E-state index in [2.05, 4.69) is 13.8 Å². The largest absolute Gasteiger partial charge is 0.396 e. The van der Waals surface area contributed by atoms with E-state index in [0.717, 1.165) is 25.7 Å². The van der Waals surface area contributed by atoms with Crippen molar-refractivity contribution < 1.29 is 10.2 Å². The Morgan fingerprint density at radius 2 is 1.62 bits per heavy atom. The molecule has 0 rings (SSSR count). The van der Waals surface area contributed by atoms with Crippen molar-refractivity contribution in [3.63, 3.8) is 0 Å². The van der Waals surface area contributed by atoms with Crippen LogP contribution >= 0.6 is 0 Å². The molecule has 0 aliphatic carbocycles. The summed E-state index contributed by atoms with van der Waals surface area (Å²) in [4.78, 5) is 0. The van der Waals surface area contributed by atoms with Gasteiger partial charge in [-0.2, -0.15) is 0 Å². The molecule has 80 valence electrons. The average Bonchev–Trinajstić information content (AvgIpc) is 2.15. The average molecular weight is 188 g/mol. The number of hydrogen-bond donors (Lipinski definition) is 2. The molecule has 0 heterocycles. The molecule has 0 aliphatic heterocycles. The third-order valence-electron chi connectivity index (χ3n) is 3.04. The third-order valence-corrected chi connectivity index (χ3v) is 3.04. The molecule has 0 bridgehead atoms. The maximum Gasteiger partial charge on any atom is 0.0436 e. The molecule has 0 saturated heterocycles. The molecule has 13 heavy (non-hydrogen) atoms. The van der Waals surface area contributed by atoms with Gasteiger partial charge in [0.15, 0.2) is 0 Å². The van der Waals surface area contributed by atoms with Gasteiger partial charge in [-0.15, -0.1) is 0 Å². The van der Waals surface area contributed by atoms with Crippen LogP contribution < -0.4 is 0 Å². The lowest BCUT2D eigenvalue weighted by Crippen LogP contribution is -2.21. The van der Waals surface area contributed by atoms with Crippen molar-refractivity contribution in [2.24, 2.45) is 5.41 Å². The van der Waals surface area contributed by atoms with E-state index in [0.29, 0.717) is 0 Å². The molecule has 0 aromatic heterocycles. The Morgan fingerprint density at radius 1 is 0.923 bits per heavy atom. The molecule has 0 amide bonds. The van der Waals surface area contributed by atoms with E-state index in [4.69, 9.17) is 10.2 Å². The standard InChI is InChI=1S/C11H24O2/c1-3-6-11(4-2,8-10-13)7-5-9-12/h12-13H,3-10H2,1-2H3. The third kappa shape index (κ3) is 4.63. The predicted octanol–water partition coefficient (Wildman–Crippen LogP) is 2.34. The zero-order chi connectivity index (χ0) is 10.2. The van der Waals surface area contributed by atoms with Gasteiger partial charge >= 0.3 is 0 Å². The molecule has 0 aromatic rings. The highest BCUT2D eigenvalue weighted by atomic mass is 16.3. The van der Waals surface area contributed by atoms with Crippen LogP contribution in [-0.2, 0) is 0 Å². The van der Waals surface area contributed by atoms with E-state index in [1.807, 2.05) is 0 Å². The fourth-order valence-corrected chi connectivity index (χ4v) is 2.13. The molecule has 1 atom stereocenters. The number of aliphatic hydroxyl groups is 2. The summed E-state index contributed by atoms with van der Waals surface area (Å²) in [5, 5.41) is 17.8. The first-order chi connectivity index (χ1) is 6.24. The Kier molecular flexibility index (Phi) is 7.29. The van der Waals surface area contributed by atoms with E-state index in [1.54, 1.807) is 0 Å². The van der Waals surface area contributed by atoms with Gasteiger partial charge in [0.25, 0.3) is 0 Å². The molecule has 0 radical (unpaired) electrons. The molecule has 2 nitrogen and oxygen atoms in total. The first-order valence-electron chi connectivity index (χ1n) is 5.46. The first-order valence-corrected chi connectivity index (χ1v) is 5.46. The molecule has 2 heteroatoms. The fraction of sp³-hybridized carbons (Fsp3) is 1.00. The predicted molar refractivity (Wildman–Crippen MR) is 55.7 cm³/mol. The van der Waals surface area contributed by atoms with Crippen LogP contribution in [0.1, 0.15) is 52.4 Å². The maximum atomic E-state index is 9.00. The van der Waals surface area contributed by atoms with Gasteiger partial charge in [-0.3, -0.25) is 0 Å². The van der Waals surface area contributed by atoms with Crippen molar-refractivity contribution in [1.82, 2.24) is 0 Å². The normalized spacial score (nSPS) is 15.7. The fourth-order valence-electron chi connectivity index (χ4n) is 2.13. The van der Waals surface area contributed by atoms with E-state index in [9.17, 15) is 0 Å². The van der Waals surface area contributed by atoms with Gasteiger partial charge in [0.05, 0.1) is 0 Å². The Hall–Kier alpha value is -0.0800. The van der Waals surface area contributed by atoms with Gasteiger partial charge in [-0.25, -0.2) is 0 Å². The lowest BCUT2D eigenvalue weighted by molar-refractivity contribution is 0.135. The van der Waals surface area contributed by atoms with E-state index in [1.165, 1.54) is 12.8 Å². The van der Waals surface area contributed by atoms with Crippen molar-refractivity contribution in [1.29, 1.82) is 0 Å². The number of rotatable bonds is 8. The molecule has 1 unspecified atom stereocenters. The van der Waals surface area contributed by atoms with E-state index in [-0.39, 0.29) is 18.6 Å². The van der Waals surface area contributed by atoms with Crippen molar-refractivity contribution >= 4 is 0 Å². The minimum atomic E-state index is 0.275. The highest BCUT2D eigenvalue weighted by Crippen LogP contribution is 2.36. The smallest absolute Gasteiger partial charge is 0.0436 e. The zero-order valence-electron chi connectivity index (χ0n) is 9.05. The first kappa shape index (κ1) is 12.9. The summed E-state index contributed by atoms with van der Waals surface area (Å²) in [6, 6.07) is 0. The van der Waals surface area contributed by atoms with Crippen LogP contribution in [0.2, 0.25) is 0 Å². The summed E-state index contributed by atoms with van der Waals surface area (Å²) in [6.07, 6.45) is 6.25. The summed E-state index contributed by atoms with van der Waals surface area (Å²) >= 11 is 0. The number of aliphatic hydroxyl groups excluding tert-OH is 2. The van der Waals surface area contributed by atoms with Crippen molar-refractivity contribution in [3.05, 3.63) is 0 Å². The van der Waals surface area contributed by atoms with Gasteiger partial charge in [0, 0.05) is 13.2 Å². The van der Waals surface area contributed by atoms with Crippen molar-refractivity contribution in [2.45, 2.75) is 52.4 Å². The minimum absolute atomic E-state index is 0.275. The lowest BCUT2D eigenvalue weighted by atomic mass is 9.74. The second-order valence-electron chi connectivity index (χ2n) is 3.90. The van der Waals surface area contributed by atoms with Crippen LogP contribution in [0.4, 0.5) is 0 Å². The summed E-state index contributed by atoms with van der Waals surface area (Å²) in [5.41, 5.74) is 0.284. The lowest BCUT2D eigenvalue weighted by Gasteiger charge is -2.32. The summed E-state index contributed by atoms with van der Waals surface area (Å²) in [7, 11) is 0. The topological polar surface area (TPSA) is 40.5 Å². The Morgan fingerprint density at radius 3 is 2.00 bits per heavy atom. The van der Waals surface area contributed by atoms with Gasteiger partial charge in [-0.1, -0.05) is 26.7 Å². The molecule has 2 N–H and O–H groups in total. The van der Waals surface area contributed by atoms with Crippen LogP contribution in [-0.4, -0.2) is 23.4 Å². The van der Waals surface area contributed by atoms with Gasteiger partial charge in [0.2, 0.25) is 0 Å². The summed E-state index contributed by atoms with van der Waals surface area (Å²) in [5.74, 6) is 0.